The van der Waals surface area contributed by atoms with Crippen LogP contribution in [0.25, 0.3) is 10.2 Å². The number of ether oxygens (including phenoxy) is 1. The molecular formula is C18H18N2O3S. The van der Waals surface area contributed by atoms with E-state index in [2.05, 4.69) is 11.9 Å². The van der Waals surface area contributed by atoms with Gasteiger partial charge in [-0.2, -0.15) is 0 Å². The molecule has 0 unspecified atom stereocenters. The molecule has 0 N–H and O–H groups in total. The van der Waals surface area contributed by atoms with E-state index >= 15 is 0 Å². The van der Waals surface area contributed by atoms with Crippen molar-refractivity contribution in [1.29, 1.82) is 0 Å². The molecule has 24 heavy (non-hydrogen) atoms. The van der Waals surface area contributed by atoms with Crippen molar-refractivity contribution < 1.29 is 9.53 Å². The van der Waals surface area contributed by atoms with Gasteiger partial charge in [-0.15, -0.1) is 11.3 Å². The molecule has 0 atom stereocenters. The number of rotatable bonds is 5. The maximum atomic E-state index is 12.7. The second-order valence-electron chi connectivity index (χ2n) is 5.55. The van der Waals surface area contributed by atoms with E-state index in [1.54, 1.807) is 47.5 Å². The normalized spacial score (nSPS) is 11.0. The van der Waals surface area contributed by atoms with Crippen molar-refractivity contribution >= 4 is 27.3 Å². The number of hydrogen-bond donors (Lipinski definition) is 0. The molecule has 0 saturated heterocycles. The first-order valence-corrected chi connectivity index (χ1v) is 8.50. The molecule has 0 bridgehead atoms. The van der Waals surface area contributed by atoms with Gasteiger partial charge in [-0.05, 0) is 37.6 Å². The minimum absolute atomic E-state index is 0.0229. The first-order valence-electron chi connectivity index (χ1n) is 7.69. The number of Topliss-reactive ketones (excluding diaryl/α,β-unsaturated/α-hetero) is 1. The molecule has 1 aromatic carbocycles. The number of nitrogens with zero attached hydrogens (tertiary/aromatic N) is 2. The quantitative estimate of drug-likeness (QED) is 0.668. The van der Waals surface area contributed by atoms with E-state index in [4.69, 9.17) is 4.74 Å². The van der Waals surface area contributed by atoms with Gasteiger partial charge in [0.05, 0.1) is 25.4 Å². The SMILES string of the molecule is CCc1cc2c(=O)n(Cc3cc(C(C)=O)ccc3OC)cnc2s1. The average molecular weight is 342 g/mol. The molecule has 3 rings (SSSR count). The van der Waals surface area contributed by atoms with Crippen LogP contribution in [0.4, 0.5) is 0 Å². The first kappa shape index (κ1) is 16.4. The molecule has 5 nitrogen and oxygen atoms in total. The Bertz CT molecular complexity index is 972. The van der Waals surface area contributed by atoms with Crippen LogP contribution < -0.4 is 10.3 Å². The fourth-order valence-electron chi connectivity index (χ4n) is 2.60. The minimum Gasteiger partial charge on any atom is -0.496 e. The first-order chi connectivity index (χ1) is 11.5. The van der Waals surface area contributed by atoms with Crippen LogP contribution >= 0.6 is 11.3 Å². The number of fused-ring (bicyclic) bond motifs is 1. The van der Waals surface area contributed by atoms with E-state index in [0.717, 1.165) is 21.7 Å². The highest BCUT2D eigenvalue weighted by molar-refractivity contribution is 7.18. The van der Waals surface area contributed by atoms with Crippen molar-refractivity contribution in [3.05, 3.63) is 57.0 Å². The van der Waals surface area contributed by atoms with Gasteiger partial charge in [-0.1, -0.05) is 6.92 Å². The highest BCUT2D eigenvalue weighted by Gasteiger charge is 2.12. The summed E-state index contributed by atoms with van der Waals surface area (Å²) in [5, 5.41) is 0.640. The van der Waals surface area contributed by atoms with Crippen LogP contribution in [0, 0.1) is 0 Å². The Hall–Kier alpha value is -2.47. The summed E-state index contributed by atoms with van der Waals surface area (Å²) in [7, 11) is 1.57. The highest BCUT2D eigenvalue weighted by Crippen LogP contribution is 2.23. The number of carbonyl (C=O) groups is 1. The number of ketones is 1. The summed E-state index contributed by atoms with van der Waals surface area (Å²) in [6.07, 6.45) is 2.44. The third-order valence-corrected chi connectivity index (χ3v) is 5.13. The number of benzene rings is 1. The minimum atomic E-state index is -0.0776. The van der Waals surface area contributed by atoms with Crippen LogP contribution in [0.5, 0.6) is 5.75 Å². The number of aromatic nitrogens is 2. The topological polar surface area (TPSA) is 61.2 Å². The molecule has 0 aliphatic rings. The molecule has 0 spiro atoms. The zero-order chi connectivity index (χ0) is 17.3. The molecule has 2 heterocycles. The fraction of sp³-hybridized carbons (Fsp3) is 0.278. The van der Waals surface area contributed by atoms with Gasteiger partial charge >= 0.3 is 0 Å². The molecule has 0 fully saturated rings. The van der Waals surface area contributed by atoms with Crippen LogP contribution in [-0.2, 0) is 13.0 Å². The van der Waals surface area contributed by atoms with Crippen molar-refractivity contribution in [3.8, 4) is 5.75 Å². The van der Waals surface area contributed by atoms with E-state index in [0.29, 0.717) is 23.2 Å². The van der Waals surface area contributed by atoms with Crippen molar-refractivity contribution in [2.24, 2.45) is 0 Å². The Balaban J connectivity index is 2.06. The summed E-state index contributed by atoms with van der Waals surface area (Å²) >= 11 is 1.55. The van der Waals surface area contributed by atoms with Gasteiger partial charge in [0.25, 0.3) is 5.56 Å². The molecule has 0 amide bonds. The van der Waals surface area contributed by atoms with Crippen molar-refractivity contribution in [3.63, 3.8) is 0 Å². The molecule has 0 aliphatic heterocycles. The molecule has 124 valence electrons. The van der Waals surface area contributed by atoms with E-state index in [9.17, 15) is 9.59 Å². The summed E-state index contributed by atoms with van der Waals surface area (Å²) in [5.41, 5.74) is 1.29. The second kappa shape index (κ2) is 6.57. The maximum absolute atomic E-state index is 12.7. The Morgan fingerprint density at radius 3 is 2.79 bits per heavy atom. The monoisotopic (exact) mass is 342 g/mol. The lowest BCUT2D eigenvalue weighted by molar-refractivity contribution is 0.101. The summed E-state index contributed by atoms with van der Waals surface area (Å²) in [4.78, 5) is 30.6. The molecule has 2 aromatic heterocycles. The smallest absolute Gasteiger partial charge is 0.262 e. The molecule has 0 radical (unpaired) electrons. The lowest BCUT2D eigenvalue weighted by Gasteiger charge is -2.11. The third-order valence-electron chi connectivity index (χ3n) is 3.95. The lowest BCUT2D eigenvalue weighted by Crippen LogP contribution is -2.21. The van der Waals surface area contributed by atoms with E-state index < -0.39 is 0 Å². The Labute approximate surface area is 143 Å². The number of hydrogen-bond acceptors (Lipinski definition) is 5. The van der Waals surface area contributed by atoms with Gasteiger partial charge in [-0.3, -0.25) is 14.2 Å². The molecule has 0 aliphatic carbocycles. The number of carbonyl (C=O) groups excluding carboxylic acids is 1. The maximum Gasteiger partial charge on any atom is 0.262 e. The average Bonchev–Trinajstić information content (AvgIpc) is 3.01. The molecular weight excluding hydrogens is 324 g/mol. The van der Waals surface area contributed by atoms with Crippen LogP contribution in [0.3, 0.4) is 0 Å². The predicted molar refractivity (Wildman–Crippen MR) is 95.4 cm³/mol. The third kappa shape index (κ3) is 2.97. The Morgan fingerprint density at radius 1 is 1.33 bits per heavy atom. The molecule has 0 saturated carbocycles. The van der Waals surface area contributed by atoms with Gasteiger partial charge in [0, 0.05) is 16.0 Å². The van der Waals surface area contributed by atoms with Crippen molar-refractivity contribution in [1.82, 2.24) is 9.55 Å². The van der Waals surface area contributed by atoms with Gasteiger partial charge in [0.2, 0.25) is 0 Å². The van der Waals surface area contributed by atoms with Crippen molar-refractivity contribution in [2.45, 2.75) is 26.8 Å². The van der Waals surface area contributed by atoms with Crippen molar-refractivity contribution in [2.75, 3.05) is 7.11 Å². The van der Waals surface area contributed by atoms with Gasteiger partial charge in [-0.25, -0.2) is 4.98 Å². The predicted octanol–water partition coefficient (Wildman–Crippen LogP) is 3.28. The summed E-state index contributed by atoms with van der Waals surface area (Å²) in [6.45, 7) is 3.88. The van der Waals surface area contributed by atoms with Gasteiger partial charge in [0.15, 0.2) is 5.78 Å². The summed E-state index contributed by atoms with van der Waals surface area (Å²) in [5.74, 6) is 0.622. The Kier molecular flexibility index (Phi) is 4.49. The number of methoxy groups -OCH3 is 1. The van der Waals surface area contributed by atoms with Crippen LogP contribution in [0.2, 0.25) is 0 Å². The van der Waals surface area contributed by atoms with E-state index in [-0.39, 0.29) is 11.3 Å². The lowest BCUT2D eigenvalue weighted by atomic mass is 10.1. The standard InChI is InChI=1S/C18H18N2O3S/c1-4-14-8-15-17(24-14)19-10-20(18(15)22)9-13-7-12(11(2)21)5-6-16(13)23-3/h5-8,10H,4,9H2,1-3H3. The largest absolute Gasteiger partial charge is 0.496 e. The van der Waals surface area contributed by atoms with Crippen LogP contribution in [0.15, 0.2) is 35.4 Å². The second-order valence-corrected chi connectivity index (χ2v) is 6.66. The number of thiophene rings is 1. The fourth-order valence-corrected chi connectivity index (χ4v) is 3.53. The number of aryl methyl sites for hydroxylation is 1. The molecule has 3 aromatic rings. The van der Waals surface area contributed by atoms with Gasteiger partial charge < -0.3 is 4.74 Å². The molecule has 6 heteroatoms. The van der Waals surface area contributed by atoms with E-state index in [1.807, 2.05) is 6.07 Å². The van der Waals surface area contributed by atoms with Gasteiger partial charge in [0.1, 0.15) is 10.6 Å². The zero-order valence-corrected chi connectivity index (χ0v) is 14.6. The summed E-state index contributed by atoms with van der Waals surface area (Å²) in [6, 6.07) is 7.15. The Morgan fingerprint density at radius 2 is 2.12 bits per heavy atom. The van der Waals surface area contributed by atoms with Crippen LogP contribution in [0.1, 0.15) is 34.6 Å². The summed E-state index contributed by atoms with van der Waals surface area (Å²) < 4.78 is 6.91. The zero-order valence-electron chi connectivity index (χ0n) is 13.8. The van der Waals surface area contributed by atoms with Crippen LogP contribution in [-0.4, -0.2) is 22.4 Å². The highest BCUT2D eigenvalue weighted by atomic mass is 32.1. The van der Waals surface area contributed by atoms with E-state index in [1.165, 1.54) is 6.92 Å².